The molecule has 1 heterocycles. The summed E-state index contributed by atoms with van der Waals surface area (Å²) < 4.78 is 5.42. The van der Waals surface area contributed by atoms with Gasteiger partial charge in [0, 0.05) is 10.4 Å². The molecule has 96 valence electrons. The van der Waals surface area contributed by atoms with Crippen LogP contribution in [0.25, 0.3) is 11.3 Å². The maximum Gasteiger partial charge on any atom is 0.180 e. The summed E-state index contributed by atoms with van der Waals surface area (Å²) in [6.45, 7) is 6.37. The molecule has 0 aliphatic rings. The van der Waals surface area contributed by atoms with Crippen molar-refractivity contribution in [2.45, 2.75) is 26.7 Å². The van der Waals surface area contributed by atoms with Crippen LogP contribution in [-0.4, -0.2) is 12.1 Å². The summed E-state index contributed by atoms with van der Waals surface area (Å²) in [5.74, 6) is 1.24. The van der Waals surface area contributed by atoms with Gasteiger partial charge >= 0.3 is 0 Å². The molecule has 0 fully saturated rings. The molecule has 2 rings (SSSR count). The third-order valence-corrected chi connectivity index (χ3v) is 3.99. The molecule has 18 heavy (non-hydrogen) atoms. The summed E-state index contributed by atoms with van der Waals surface area (Å²) in [6.07, 6.45) is 0. The van der Waals surface area contributed by atoms with Gasteiger partial charge in [0.2, 0.25) is 0 Å². The first kappa shape index (κ1) is 12.9. The zero-order valence-electron chi connectivity index (χ0n) is 11.2. The predicted molar refractivity (Wildman–Crippen MR) is 77.3 cm³/mol. The van der Waals surface area contributed by atoms with E-state index in [1.54, 1.807) is 18.4 Å². The van der Waals surface area contributed by atoms with E-state index in [0.717, 1.165) is 17.0 Å². The van der Waals surface area contributed by atoms with E-state index in [4.69, 9.17) is 10.5 Å². The van der Waals surface area contributed by atoms with Crippen molar-refractivity contribution >= 4 is 16.5 Å². The zero-order chi connectivity index (χ0) is 13.3. The van der Waals surface area contributed by atoms with Crippen molar-refractivity contribution in [3.8, 4) is 17.0 Å². The number of benzene rings is 1. The number of aryl methyl sites for hydroxylation is 1. The summed E-state index contributed by atoms with van der Waals surface area (Å²) in [7, 11) is 1.68. The molecule has 0 bridgehead atoms. The minimum absolute atomic E-state index is 0.403. The highest BCUT2D eigenvalue weighted by molar-refractivity contribution is 7.15. The topological polar surface area (TPSA) is 48.1 Å². The molecule has 0 radical (unpaired) electrons. The van der Waals surface area contributed by atoms with Crippen LogP contribution >= 0.6 is 11.3 Å². The lowest BCUT2D eigenvalue weighted by atomic mass is 10.0. The van der Waals surface area contributed by atoms with Crippen LogP contribution in [-0.2, 0) is 0 Å². The van der Waals surface area contributed by atoms with Crippen molar-refractivity contribution in [1.82, 2.24) is 4.98 Å². The molecule has 2 N–H and O–H groups in total. The lowest BCUT2D eigenvalue weighted by molar-refractivity contribution is 0.416. The Labute approximate surface area is 112 Å². The fourth-order valence-corrected chi connectivity index (χ4v) is 2.79. The van der Waals surface area contributed by atoms with E-state index in [-0.39, 0.29) is 0 Å². The van der Waals surface area contributed by atoms with Gasteiger partial charge in [-0.2, -0.15) is 0 Å². The number of nitrogens with two attached hydrogens (primary N) is 1. The van der Waals surface area contributed by atoms with Crippen molar-refractivity contribution < 1.29 is 4.74 Å². The number of anilines is 1. The Bertz CT molecular complexity index is 561. The Morgan fingerprint density at radius 3 is 2.67 bits per heavy atom. The van der Waals surface area contributed by atoms with Gasteiger partial charge in [-0.25, -0.2) is 4.98 Å². The zero-order valence-corrected chi connectivity index (χ0v) is 12.0. The van der Waals surface area contributed by atoms with E-state index in [9.17, 15) is 0 Å². The van der Waals surface area contributed by atoms with Crippen LogP contribution in [0.5, 0.6) is 5.75 Å². The Morgan fingerprint density at radius 2 is 2.06 bits per heavy atom. The number of thiazole rings is 1. The fraction of sp³-hybridized carbons (Fsp3) is 0.357. The van der Waals surface area contributed by atoms with Crippen LogP contribution in [0.15, 0.2) is 18.2 Å². The number of rotatable bonds is 3. The Hall–Kier alpha value is -1.55. The summed E-state index contributed by atoms with van der Waals surface area (Å²) in [6, 6.07) is 6.11. The van der Waals surface area contributed by atoms with Crippen molar-refractivity contribution in [3.63, 3.8) is 0 Å². The van der Waals surface area contributed by atoms with Crippen molar-refractivity contribution in [2.75, 3.05) is 12.8 Å². The standard InChI is InChI=1S/C14H18N2OS/c1-8(2)13-12(16-14(15)18-13)10-7-9(3)5-6-11(10)17-4/h5-8H,1-4H3,(H2,15,16). The number of hydrogen-bond acceptors (Lipinski definition) is 4. The molecule has 0 amide bonds. The second-order valence-corrected chi connectivity index (χ2v) is 5.69. The van der Waals surface area contributed by atoms with E-state index in [0.29, 0.717) is 11.0 Å². The highest BCUT2D eigenvalue weighted by Gasteiger charge is 2.17. The minimum atomic E-state index is 0.403. The summed E-state index contributed by atoms with van der Waals surface area (Å²) in [4.78, 5) is 5.67. The number of nitrogen functional groups attached to an aromatic ring is 1. The van der Waals surface area contributed by atoms with Crippen LogP contribution in [0.3, 0.4) is 0 Å². The molecular formula is C14H18N2OS. The lowest BCUT2D eigenvalue weighted by Gasteiger charge is -2.10. The highest BCUT2D eigenvalue weighted by atomic mass is 32.1. The molecule has 0 aliphatic carbocycles. The van der Waals surface area contributed by atoms with Gasteiger partial charge in [0.05, 0.1) is 12.8 Å². The second kappa shape index (κ2) is 4.98. The highest BCUT2D eigenvalue weighted by Crippen LogP contribution is 2.39. The van der Waals surface area contributed by atoms with E-state index in [2.05, 4.69) is 31.8 Å². The normalized spacial score (nSPS) is 10.9. The number of nitrogens with zero attached hydrogens (tertiary/aromatic N) is 1. The van der Waals surface area contributed by atoms with Gasteiger partial charge in [-0.1, -0.05) is 25.5 Å². The van der Waals surface area contributed by atoms with Gasteiger partial charge in [0.1, 0.15) is 5.75 Å². The quantitative estimate of drug-likeness (QED) is 0.914. The molecule has 0 aliphatic heterocycles. The van der Waals surface area contributed by atoms with Crippen molar-refractivity contribution in [1.29, 1.82) is 0 Å². The van der Waals surface area contributed by atoms with E-state index in [1.807, 2.05) is 12.1 Å². The number of methoxy groups -OCH3 is 1. The lowest BCUT2D eigenvalue weighted by Crippen LogP contribution is -1.93. The van der Waals surface area contributed by atoms with Crippen LogP contribution in [0.2, 0.25) is 0 Å². The smallest absolute Gasteiger partial charge is 0.180 e. The first-order chi connectivity index (χ1) is 8.52. The van der Waals surface area contributed by atoms with Crippen LogP contribution in [0.4, 0.5) is 5.13 Å². The van der Waals surface area contributed by atoms with Crippen LogP contribution < -0.4 is 10.5 Å². The number of aromatic nitrogens is 1. The van der Waals surface area contributed by atoms with Crippen molar-refractivity contribution in [2.24, 2.45) is 0 Å². The predicted octanol–water partition coefficient (Wildman–Crippen LogP) is 3.83. The maximum atomic E-state index is 5.85. The molecule has 2 aromatic rings. The molecule has 0 spiro atoms. The number of ether oxygens (including phenoxy) is 1. The van der Waals surface area contributed by atoms with E-state index >= 15 is 0 Å². The van der Waals surface area contributed by atoms with E-state index in [1.165, 1.54) is 10.4 Å². The van der Waals surface area contributed by atoms with Gasteiger partial charge in [-0.05, 0) is 25.0 Å². The summed E-state index contributed by atoms with van der Waals surface area (Å²) in [5, 5.41) is 0.609. The second-order valence-electron chi connectivity index (χ2n) is 4.62. The Morgan fingerprint density at radius 1 is 1.33 bits per heavy atom. The third kappa shape index (κ3) is 2.34. The molecule has 0 saturated carbocycles. The molecule has 0 saturated heterocycles. The molecule has 3 nitrogen and oxygen atoms in total. The fourth-order valence-electron chi connectivity index (χ4n) is 1.94. The van der Waals surface area contributed by atoms with E-state index < -0.39 is 0 Å². The molecule has 4 heteroatoms. The first-order valence-corrected chi connectivity index (χ1v) is 6.75. The summed E-state index contributed by atoms with van der Waals surface area (Å²) in [5.41, 5.74) is 9.01. The first-order valence-electron chi connectivity index (χ1n) is 5.94. The van der Waals surface area contributed by atoms with Gasteiger partial charge in [0.15, 0.2) is 5.13 Å². The molecule has 1 aromatic heterocycles. The average Bonchev–Trinajstić information content (AvgIpc) is 2.71. The molecular weight excluding hydrogens is 244 g/mol. The molecule has 1 aromatic carbocycles. The van der Waals surface area contributed by atoms with Gasteiger partial charge < -0.3 is 10.5 Å². The van der Waals surface area contributed by atoms with Crippen LogP contribution in [0.1, 0.15) is 30.2 Å². The SMILES string of the molecule is COc1ccc(C)cc1-c1nc(N)sc1C(C)C. The van der Waals surface area contributed by atoms with Crippen molar-refractivity contribution in [3.05, 3.63) is 28.6 Å². The van der Waals surface area contributed by atoms with Crippen LogP contribution in [0, 0.1) is 6.92 Å². The van der Waals surface area contributed by atoms with Gasteiger partial charge in [-0.3, -0.25) is 0 Å². The third-order valence-electron chi connectivity index (χ3n) is 2.80. The Balaban J connectivity index is 2.64. The average molecular weight is 262 g/mol. The number of hydrogen-bond donors (Lipinski definition) is 1. The largest absolute Gasteiger partial charge is 0.496 e. The van der Waals surface area contributed by atoms with Gasteiger partial charge in [-0.15, -0.1) is 11.3 Å². The van der Waals surface area contributed by atoms with Gasteiger partial charge in [0.25, 0.3) is 0 Å². The maximum absolute atomic E-state index is 5.85. The Kier molecular flexibility index (Phi) is 3.57. The molecule has 0 atom stereocenters. The minimum Gasteiger partial charge on any atom is -0.496 e. The molecule has 0 unspecified atom stereocenters. The summed E-state index contributed by atoms with van der Waals surface area (Å²) >= 11 is 1.55. The monoisotopic (exact) mass is 262 g/mol.